The lowest BCUT2D eigenvalue weighted by Crippen LogP contribution is -2.15. The predicted molar refractivity (Wildman–Crippen MR) is 114 cm³/mol. The van der Waals surface area contributed by atoms with Crippen molar-refractivity contribution in [3.8, 4) is 0 Å². The van der Waals surface area contributed by atoms with E-state index in [-0.39, 0.29) is 22.4 Å². The molecule has 0 aliphatic carbocycles. The molecule has 1 N–H and O–H groups in total. The van der Waals surface area contributed by atoms with E-state index in [0.29, 0.717) is 17.1 Å². The number of halogens is 5. The van der Waals surface area contributed by atoms with Gasteiger partial charge in [0.2, 0.25) is 0 Å². The smallest absolute Gasteiger partial charge is 0.322 e. The molecular weight excluding hydrogens is 462 g/mol. The molecule has 1 aromatic heterocycles. The maximum atomic E-state index is 14.2. The van der Waals surface area contributed by atoms with Gasteiger partial charge >= 0.3 is 6.18 Å². The molecule has 0 aliphatic rings. The van der Waals surface area contributed by atoms with Crippen LogP contribution in [0.2, 0.25) is 5.02 Å². The number of carbonyl (C=O) groups excluding carboxylic acids is 2. The molecule has 0 bridgehead atoms. The van der Waals surface area contributed by atoms with Crippen LogP contribution in [-0.4, -0.2) is 21.7 Å². The second kappa shape index (κ2) is 8.59. The summed E-state index contributed by atoms with van der Waals surface area (Å²) >= 11 is 5.57. The summed E-state index contributed by atoms with van der Waals surface area (Å²) in [6, 6.07) is 10.4. The summed E-state index contributed by atoms with van der Waals surface area (Å²) in [5.41, 5.74) is -0.423. The second-order valence-corrected chi connectivity index (χ2v) is 7.37. The first-order valence-corrected chi connectivity index (χ1v) is 9.74. The minimum absolute atomic E-state index is 0.0689. The zero-order valence-electron chi connectivity index (χ0n) is 16.5. The molecule has 0 aliphatic heterocycles. The first-order valence-electron chi connectivity index (χ1n) is 9.36. The van der Waals surface area contributed by atoms with Crippen molar-refractivity contribution in [3.05, 3.63) is 100 Å². The quantitative estimate of drug-likeness (QED) is 0.295. The van der Waals surface area contributed by atoms with Crippen LogP contribution in [0.25, 0.3) is 11.0 Å². The Morgan fingerprint density at radius 3 is 2.24 bits per heavy atom. The van der Waals surface area contributed by atoms with E-state index >= 15 is 0 Å². The Balaban J connectivity index is 1.62. The van der Waals surface area contributed by atoms with Crippen LogP contribution < -0.4 is 5.32 Å². The number of amides is 1. The summed E-state index contributed by atoms with van der Waals surface area (Å²) in [5.74, 6) is -2.28. The van der Waals surface area contributed by atoms with E-state index in [0.717, 1.165) is 24.3 Å². The van der Waals surface area contributed by atoms with Gasteiger partial charge in [0.25, 0.3) is 5.91 Å². The fourth-order valence-corrected chi connectivity index (χ4v) is 3.38. The monoisotopic (exact) mass is 473 g/mol. The van der Waals surface area contributed by atoms with Gasteiger partial charge in [0.1, 0.15) is 5.82 Å². The average Bonchev–Trinajstić information content (AvgIpc) is 2.77. The molecule has 0 saturated carbocycles. The van der Waals surface area contributed by atoms with Crippen LogP contribution >= 0.6 is 11.6 Å². The normalized spacial score (nSPS) is 11.4. The van der Waals surface area contributed by atoms with Gasteiger partial charge in [-0.1, -0.05) is 11.6 Å². The van der Waals surface area contributed by atoms with Crippen molar-refractivity contribution in [2.24, 2.45) is 0 Å². The molecule has 0 saturated heterocycles. The van der Waals surface area contributed by atoms with Gasteiger partial charge in [-0.3, -0.25) is 19.6 Å². The summed E-state index contributed by atoms with van der Waals surface area (Å²) in [5, 5.41) is 1.75. The number of carbonyl (C=O) groups is 2. The van der Waals surface area contributed by atoms with Gasteiger partial charge in [0, 0.05) is 34.8 Å². The first-order chi connectivity index (χ1) is 15.6. The lowest BCUT2D eigenvalue weighted by Gasteiger charge is -2.12. The third kappa shape index (κ3) is 4.83. The third-order valence-electron chi connectivity index (χ3n) is 4.68. The Morgan fingerprint density at radius 2 is 1.52 bits per heavy atom. The Hall–Kier alpha value is -3.85. The highest BCUT2D eigenvalue weighted by Crippen LogP contribution is 2.35. The van der Waals surface area contributed by atoms with Crippen molar-refractivity contribution in [2.45, 2.75) is 6.18 Å². The molecule has 4 aromatic rings. The lowest BCUT2D eigenvalue weighted by atomic mass is 10.0. The van der Waals surface area contributed by atoms with Gasteiger partial charge in [0.05, 0.1) is 21.6 Å². The standard InChI is InChI=1S/C23H12ClF4N3O2/c24-18-3-1-13(9-17(18)23(26,27)28)22(33)31-16-8-14(7-15(25)11-16)21(32)12-2-4-19-20(10-12)30-6-5-29-19/h1-11H,(H,31,33). The number of aromatic nitrogens is 2. The zero-order valence-corrected chi connectivity index (χ0v) is 17.2. The van der Waals surface area contributed by atoms with Gasteiger partial charge in [-0.2, -0.15) is 13.2 Å². The highest BCUT2D eigenvalue weighted by Gasteiger charge is 2.33. The number of hydrogen-bond donors (Lipinski definition) is 1. The Bertz CT molecular complexity index is 1410. The lowest BCUT2D eigenvalue weighted by molar-refractivity contribution is -0.137. The topological polar surface area (TPSA) is 72.0 Å². The van der Waals surface area contributed by atoms with Crippen molar-refractivity contribution >= 4 is 40.0 Å². The molecule has 0 unspecified atom stereocenters. The number of hydrogen-bond acceptors (Lipinski definition) is 4. The van der Waals surface area contributed by atoms with E-state index in [1.54, 1.807) is 6.07 Å². The third-order valence-corrected chi connectivity index (χ3v) is 5.01. The molecule has 0 spiro atoms. The van der Waals surface area contributed by atoms with Crippen LogP contribution in [0, 0.1) is 5.82 Å². The molecule has 10 heteroatoms. The fourth-order valence-electron chi connectivity index (χ4n) is 3.15. The maximum Gasteiger partial charge on any atom is 0.417 e. The number of nitrogens with zero attached hydrogens (tertiary/aromatic N) is 2. The van der Waals surface area contributed by atoms with Gasteiger partial charge < -0.3 is 5.32 Å². The van der Waals surface area contributed by atoms with Crippen LogP contribution in [0.4, 0.5) is 23.2 Å². The Labute approximate surface area is 189 Å². The molecular formula is C23H12ClF4N3O2. The maximum absolute atomic E-state index is 14.2. The zero-order chi connectivity index (χ0) is 23.8. The molecule has 4 rings (SSSR count). The van der Waals surface area contributed by atoms with Crippen molar-refractivity contribution in [1.29, 1.82) is 0 Å². The van der Waals surface area contributed by atoms with Crippen molar-refractivity contribution in [1.82, 2.24) is 9.97 Å². The highest BCUT2D eigenvalue weighted by molar-refractivity contribution is 6.31. The SMILES string of the molecule is O=C(Nc1cc(F)cc(C(=O)c2ccc3nccnc3c2)c1)c1ccc(Cl)c(C(F)(F)F)c1. The molecule has 3 aromatic carbocycles. The first kappa shape index (κ1) is 22.3. The number of ketones is 1. The summed E-state index contributed by atoms with van der Waals surface area (Å²) in [7, 11) is 0. The molecule has 0 atom stereocenters. The van der Waals surface area contributed by atoms with Gasteiger partial charge in [0.15, 0.2) is 5.78 Å². The van der Waals surface area contributed by atoms with Crippen molar-refractivity contribution < 1.29 is 27.2 Å². The number of anilines is 1. The van der Waals surface area contributed by atoms with Crippen molar-refractivity contribution in [3.63, 3.8) is 0 Å². The van der Waals surface area contributed by atoms with Crippen LogP contribution in [0.3, 0.4) is 0 Å². The Morgan fingerprint density at radius 1 is 0.818 bits per heavy atom. The van der Waals surface area contributed by atoms with Gasteiger partial charge in [-0.15, -0.1) is 0 Å². The number of nitrogens with one attached hydrogen (secondary N) is 1. The second-order valence-electron chi connectivity index (χ2n) is 6.96. The van der Waals surface area contributed by atoms with E-state index in [9.17, 15) is 27.2 Å². The van der Waals surface area contributed by atoms with Gasteiger partial charge in [-0.05, 0) is 54.6 Å². The highest BCUT2D eigenvalue weighted by atomic mass is 35.5. The molecule has 1 amide bonds. The van der Waals surface area contributed by atoms with Crippen LogP contribution in [0.1, 0.15) is 31.8 Å². The number of rotatable bonds is 4. The number of benzene rings is 3. The van der Waals surface area contributed by atoms with E-state index in [1.807, 2.05) is 0 Å². The summed E-state index contributed by atoms with van der Waals surface area (Å²) in [6.07, 6.45) is -1.78. The fraction of sp³-hybridized carbons (Fsp3) is 0.0435. The molecule has 166 valence electrons. The van der Waals surface area contributed by atoms with E-state index in [1.165, 1.54) is 30.6 Å². The summed E-state index contributed by atoms with van der Waals surface area (Å²) in [4.78, 5) is 33.6. The number of alkyl halides is 3. The summed E-state index contributed by atoms with van der Waals surface area (Å²) in [6.45, 7) is 0. The molecule has 0 fully saturated rings. The molecule has 33 heavy (non-hydrogen) atoms. The minimum atomic E-state index is -4.75. The predicted octanol–water partition coefficient (Wildman–Crippen LogP) is 5.92. The average molecular weight is 474 g/mol. The minimum Gasteiger partial charge on any atom is -0.322 e. The molecule has 1 heterocycles. The number of fused-ring (bicyclic) bond motifs is 1. The largest absolute Gasteiger partial charge is 0.417 e. The van der Waals surface area contributed by atoms with Gasteiger partial charge in [-0.25, -0.2) is 4.39 Å². The van der Waals surface area contributed by atoms with Crippen LogP contribution in [-0.2, 0) is 6.18 Å². The van der Waals surface area contributed by atoms with Crippen LogP contribution in [0.15, 0.2) is 67.0 Å². The van der Waals surface area contributed by atoms with E-state index in [2.05, 4.69) is 15.3 Å². The van der Waals surface area contributed by atoms with E-state index < -0.39 is 34.3 Å². The van der Waals surface area contributed by atoms with Crippen LogP contribution in [0.5, 0.6) is 0 Å². The van der Waals surface area contributed by atoms with E-state index in [4.69, 9.17) is 11.6 Å². The summed E-state index contributed by atoms with van der Waals surface area (Å²) < 4.78 is 53.4. The molecule has 5 nitrogen and oxygen atoms in total. The molecule has 0 radical (unpaired) electrons. The van der Waals surface area contributed by atoms with Crippen molar-refractivity contribution in [2.75, 3.05) is 5.32 Å². The Kier molecular flexibility index (Phi) is 5.82.